The number of ether oxygens (including phenoxy) is 1. The number of methoxy groups -OCH3 is 1. The molecule has 1 rings (SSSR count). The largest absolute Gasteiger partial charge is 0.465 e. The summed E-state index contributed by atoms with van der Waals surface area (Å²) in [7, 11) is -1.92. The molecule has 106 valence electrons. The van der Waals surface area contributed by atoms with Gasteiger partial charge in [0.15, 0.2) is 9.84 Å². The zero-order chi connectivity index (χ0) is 14.5. The average Bonchev–Trinajstić information content (AvgIpc) is 2.36. The SMILES string of the molecule is COC(=O)c1ccccc1CS(=O)(=O)CCC(C)C. The van der Waals surface area contributed by atoms with Crippen LogP contribution < -0.4 is 0 Å². The number of benzene rings is 1. The summed E-state index contributed by atoms with van der Waals surface area (Å²) in [5, 5.41) is 0. The number of carbonyl (C=O) groups excluding carboxylic acids is 1. The number of carbonyl (C=O) groups is 1. The van der Waals surface area contributed by atoms with Crippen LogP contribution in [0.4, 0.5) is 0 Å². The Balaban J connectivity index is 2.90. The third kappa shape index (κ3) is 5.03. The molecular weight excluding hydrogens is 264 g/mol. The molecule has 0 N–H and O–H groups in total. The first-order chi connectivity index (χ1) is 8.85. The molecule has 0 aliphatic carbocycles. The van der Waals surface area contributed by atoms with Gasteiger partial charge in [0.25, 0.3) is 0 Å². The van der Waals surface area contributed by atoms with E-state index in [9.17, 15) is 13.2 Å². The van der Waals surface area contributed by atoms with E-state index >= 15 is 0 Å². The third-order valence-corrected chi connectivity index (χ3v) is 4.41. The second-order valence-electron chi connectivity index (χ2n) is 4.92. The van der Waals surface area contributed by atoms with Crippen molar-refractivity contribution in [2.24, 2.45) is 5.92 Å². The summed E-state index contributed by atoms with van der Waals surface area (Å²) >= 11 is 0. The highest BCUT2D eigenvalue weighted by atomic mass is 32.2. The van der Waals surface area contributed by atoms with Crippen LogP contribution in [-0.4, -0.2) is 27.2 Å². The minimum atomic E-state index is -3.20. The second kappa shape index (κ2) is 6.70. The lowest BCUT2D eigenvalue weighted by atomic mass is 10.1. The molecule has 0 bridgehead atoms. The molecule has 0 unspecified atom stereocenters. The standard InChI is InChI=1S/C14H20O4S/c1-11(2)8-9-19(16,17)10-12-6-4-5-7-13(12)14(15)18-3/h4-7,11H,8-10H2,1-3H3. The summed E-state index contributed by atoms with van der Waals surface area (Å²) in [6.07, 6.45) is 0.628. The first kappa shape index (κ1) is 15.7. The molecule has 0 aromatic heterocycles. The molecule has 0 aliphatic heterocycles. The van der Waals surface area contributed by atoms with Crippen LogP contribution >= 0.6 is 0 Å². The van der Waals surface area contributed by atoms with Crippen LogP contribution in [0.15, 0.2) is 24.3 Å². The van der Waals surface area contributed by atoms with E-state index in [0.717, 1.165) is 0 Å². The van der Waals surface area contributed by atoms with Crippen molar-refractivity contribution in [3.05, 3.63) is 35.4 Å². The van der Waals surface area contributed by atoms with Crippen molar-refractivity contribution in [1.29, 1.82) is 0 Å². The van der Waals surface area contributed by atoms with Crippen LogP contribution in [0.1, 0.15) is 36.2 Å². The third-order valence-electron chi connectivity index (χ3n) is 2.80. The Labute approximate surface area is 114 Å². The van der Waals surface area contributed by atoms with Gasteiger partial charge in [0.1, 0.15) is 0 Å². The van der Waals surface area contributed by atoms with Crippen molar-refractivity contribution >= 4 is 15.8 Å². The topological polar surface area (TPSA) is 60.4 Å². The van der Waals surface area contributed by atoms with Gasteiger partial charge in [-0.1, -0.05) is 32.0 Å². The number of rotatable bonds is 6. The van der Waals surface area contributed by atoms with E-state index in [1.54, 1.807) is 24.3 Å². The zero-order valence-corrected chi connectivity index (χ0v) is 12.4. The Morgan fingerprint density at radius 3 is 2.47 bits per heavy atom. The fourth-order valence-electron chi connectivity index (χ4n) is 1.68. The summed E-state index contributed by atoms with van der Waals surface area (Å²) in [4.78, 5) is 11.6. The Morgan fingerprint density at radius 1 is 1.26 bits per heavy atom. The van der Waals surface area contributed by atoms with Gasteiger partial charge < -0.3 is 4.74 Å². The van der Waals surface area contributed by atoms with Crippen LogP contribution in [0.25, 0.3) is 0 Å². The van der Waals surface area contributed by atoms with Gasteiger partial charge in [-0.15, -0.1) is 0 Å². The van der Waals surface area contributed by atoms with Crippen molar-refractivity contribution in [3.63, 3.8) is 0 Å². The monoisotopic (exact) mass is 284 g/mol. The van der Waals surface area contributed by atoms with E-state index in [1.165, 1.54) is 7.11 Å². The maximum atomic E-state index is 12.0. The van der Waals surface area contributed by atoms with Gasteiger partial charge in [0.2, 0.25) is 0 Å². The quantitative estimate of drug-likeness (QED) is 0.753. The Kier molecular flexibility index (Phi) is 5.54. The van der Waals surface area contributed by atoms with Gasteiger partial charge in [0, 0.05) is 0 Å². The minimum Gasteiger partial charge on any atom is -0.465 e. The van der Waals surface area contributed by atoms with Crippen molar-refractivity contribution < 1.29 is 17.9 Å². The fraction of sp³-hybridized carbons (Fsp3) is 0.500. The lowest BCUT2D eigenvalue weighted by Gasteiger charge is -2.09. The molecule has 1 aromatic carbocycles. The van der Waals surface area contributed by atoms with Gasteiger partial charge in [0.05, 0.1) is 24.2 Å². The Morgan fingerprint density at radius 2 is 1.89 bits per heavy atom. The maximum Gasteiger partial charge on any atom is 0.338 e. The van der Waals surface area contributed by atoms with Crippen LogP contribution in [0, 0.1) is 5.92 Å². The van der Waals surface area contributed by atoms with E-state index in [1.807, 2.05) is 13.8 Å². The normalized spacial score (nSPS) is 11.6. The van der Waals surface area contributed by atoms with E-state index < -0.39 is 15.8 Å². The van der Waals surface area contributed by atoms with E-state index in [-0.39, 0.29) is 11.5 Å². The molecule has 0 heterocycles. The highest BCUT2D eigenvalue weighted by Gasteiger charge is 2.18. The smallest absolute Gasteiger partial charge is 0.338 e. The highest BCUT2D eigenvalue weighted by Crippen LogP contribution is 2.15. The maximum absolute atomic E-state index is 12.0. The minimum absolute atomic E-state index is 0.120. The predicted octanol–water partition coefficient (Wildman–Crippen LogP) is 2.43. The Hall–Kier alpha value is -1.36. The van der Waals surface area contributed by atoms with Crippen LogP contribution in [-0.2, 0) is 20.3 Å². The van der Waals surface area contributed by atoms with Gasteiger partial charge in [-0.05, 0) is 24.0 Å². The van der Waals surface area contributed by atoms with Crippen molar-refractivity contribution in [2.75, 3.05) is 12.9 Å². The van der Waals surface area contributed by atoms with Gasteiger partial charge in [-0.3, -0.25) is 0 Å². The molecule has 1 aromatic rings. The zero-order valence-electron chi connectivity index (χ0n) is 11.5. The first-order valence-corrected chi connectivity index (χ1v) is 8.04. The van der Waals surface area contributed by atoms with E-state index in [0.29, 0.717) is 23.5 Å². The molecule has 19 heavy (non-hydrogen) atoms. The van der Waals surface area contributed by atoms with Crippen LogP contribution in [0.2, 0.25) is 0 Å². The first-order valence-electron chi connectivity index (χ1n) is 6.22. The summed E-state index contributed by atoms with van der Waals surface area (Å²) in [6, 6.07) is 6.65. The van der Waals surface area contributed by atoms with Crippen molar-refractivity contribution in [1.82, 2.24) is 0 Å². The summed E-state index contributed by atoms with van der Waals surface area (Å²) < 4.78 is 28.7. The highest BCUT2D eigenvalue weighted by molar-refractivity contribution is 7.90. The molecule has 0 saturated heterocycles. The van der Waals surface area contributed by atoms with E-state index in [4.69, 9.17) is 0 Å². The Bertz CT molecular complexity index is 532. The average molecular weight is 284 g/mol. The lowest BCUT2D eigenvalue weighted by molar-refractivity contribution is 0.0600. The van der Waals surface area contributed by atoms with Gasteiger partial charge in [-0.25, -0.2) is 13.2 Å². The fourth-order valence-corrected chi connectivity index (χ4v) is 3.38. The van der Waals surface area contributed by atoms with Crippen molar-refractivity contribution in [3.8, 4) is 0 Å². The molecule has 0 amide bonds. The molecule has 0 atom stereocenters. The van der Waals surface area contributed by atoms with Crippen molar-refractivity contribution in [2.45, 2.75) is 26.0 Å². The van der Waals surface area contributed by atoms with Crippen LogP contribution in [0.3, 0.4) is 0 Å². The summed E-state index contributed by atoms with van der Waals surface area (Å²) in [5.74, 6) is -0.147. The van der Waals surface area contributed by atoms with Gasteiger partial charge in [-0.2, -0.15) is 0 Å². The summed E-state index contributed by atoms with van der Waals surface area (Å²) in [6.45, 7) is 3.97. The predicted molar refractivity (Wildman–Crippen MR) is 74.7 cm³/mol. The molecule has 0 fully saturated rings. The number of hydrogen-bond donors (Lipinski definition) is 0. The second-order valence-corrected chi connectivity index (χ2v) is 7.11. The number of hydrogen-bond acceptors (Lipinski definition) is 4. The molecular formula is C14H20O4S. The molecule has 0 spiro atoms. The van der Waals surface area contributed by atoms with Crippen LogP contribution in [0.5, 0.6) is 0 Å². The van der Waals surface area contributed by atoms with E-state index in [2.05, 4.69) is 4.74 Å². The molecule has 5 heteroatoms. The summed E-state index contributed by atoms with van der Waals surface area (Å²) in [5.41, 5.74) is 0.816. The lowest BCUT2D eigenvalue weighted by Crippen LogP contribution is -2.14. The molecule has 0 radical (unpaired) electrons. The number of sulfone groups is 1. The molecule has 0 saturated carbocycles. The number of esters is 1. The van der Waals surface area contributed by atoms with Gasteiger partial charge >= 0.3 is 5.97 Å². The molecule has 0 aliphatic rings. The molecule has 4 nitrogen and oxygen atoms in total.